The largest absolute Gasteiger partial charge is 0.396 e. The molecule has 2 fully saturated rings. The van der Waals surface area contributed by atoms with Gasteiger partial charge in [-0.05, 0) is 61.4 Å². The molecule has 3 unspecified atom stereocenters. The molecule has 2 aliphatic rings. The van der Waals surface area contributed by atoms with Gasteiger partial charge in [0.15, 0.2) is 0 Å². The summed E-state index contributed by atoms with van der Waals surface area (Å²) < 4.78 is 0. The van der Waals surface area contributed by atoms with Gasteiger partial charge in [0.2, 0.25) is 0 Å². The average Bonchev–Trinajstić information content (AvgIpc) is 3.14. The van der Waals surface area contributed by atoms with Gasteiger partial charge in [0, 0.05) is 17.5 Å². The topological polar surface area (TPSA) is 32.3 Å². The monoisotopic (exact) mass is 279 g/mol. The molecule has 0 spiro atoms. The van der Waals surface area contributed by atoms with E-state index in [1.54, 1.807) is 0 Å². The fourth-order valence-corrected chi connectivity index (χ4v) is 4.36. The molecule has 3 rings (SSSR count). The third kappa shape index (κ3) is 3.39. The summed E-state index contributed by atoms with van der Waals surface area (Å²) in [7, 11) is 0. The van der Waals surface area contributed by atoms with Crippen LogP contribution in [0.15, 0.2) is 17.5 Å². The maximum atomic E-state index is 9.51. The van der Waals surface area contributed by atoms with E-state index in [-0.39, 0.29) is 0 Å². The van der Waals surface area contributed by atoms with Crippen molar-refractivity contribution in [2.24, 2.45) is 17.8 Å². The number of aliphatic hydroxyl groups is 1. The first-order valence-electron chi connectivity index (χ1n) is 7.76. The van der Waals surface area contributed by atoms with E-state index in [9.17, 15) is 5.11 Å². The molecule has 0 amide bonds. The van der Waals surface area contributed by atoms with Crippen LogP contribution in [0.5, 0.6) is 0 Å². The van der Waals surface area contributed by atoms with Crippen molar-refractivity contribution in [2.45, 2.75) is 44.6 Å². The van der Waals surface area contributed by atoms with Crippen LogP contribution in [0.3, 0.4) is 0 Å². The lowest BCUT2D eigenvalue weighted by molar-refractivity contribution is 0.130. The van der Waals surface area contributed by atoms with Crippen LogP contribution in [0.4, 0.5) is 0 Å². The number of thiophene rings is 1. The van der Waals surface area contributed by atoms with Crippen LogP contribution in [-0.2, 0) is 0 Å². The lowest BCUT2D eigenvalue weighted by atomic mass is 9.79. The number of aliphatic hydroxyl groups excluding tert-OH is 1. The Bertz CT molecular complexity index is 374. The van der Waals surface area contributed by atoms with Gasteiger partial charge >= 0.3 is 0 Å². The zero-order valence-corrected chi connectivity index (χ0v) is 12.4. The van der Waals surface area contributed by atoms with Gasteiger partial charge in [-0.1, -0.05) is 18.9 Å². The second-order valence-corrected chi connectivity index (χ2v) is 7.21. The van der Waals surface area contributed by atoms with Gasteiger partial charge in [-0.15, -0.1) is 11.3 Å². The van der Waals surface area contributed by atoms with Gasteiger partial charge in [0.05, 0.1) is 0 Å². The lowest BCUT2D eigenvalue weighted by Gasteiger charge is -2.31. The number of nitrogens with one attached hydrogen (secondary N) is 1. The molecule has 1 aromatic rings. The zero-order valence-electron chi connectivity index (χ0n) is 11.6. The zero-order chi connectivity index (χ0) is 13.1. The van der Waals surface area contributed by atoms with Crippen LogP contribution in [0, 0.1) is 17.8 Å². The molecule has 0 bridgehead atoms. The van der Waals surface area contributed by atoms with Crippen LogP contribution in [0.1, 0.15) is 49.4 Å². The van der Waals surface area contributed by atoms with E-state index < -0.39 is 0 Å². The standard InChI is InChI=1S/C16H25NOS/c18-11-14-5-2-1-4-13(14)10-17-16(12-7-8-12)15-6-3-9-19-15/h3,6,9,12-14,16-18H,1-2,4-5,7-8,10-11H2. The quantitative estimate of drug-likeness (QED) is 0.834. The maximum absolute atomic E-state index is 9.51. The summed E-state index contributed by atoms with van der Waals surface area (Å²) in [6, 6.07) is 5.00. The lowest BCUT2D eigenvalue weighted by Crippen LogP contribution is -2.34. The third-order valence-corrected chi connectivity index (χ3v) is 5.80. The SMILES string of the molecule is OCC1CCCCC1CNC(c1cccs1)C1CC1. The van der Waals surface area contributed by atoms with Crippen molar-refractivity contribution in [1.29, 1.82) is 0 Å². The highest BCUT2D eigenvalue weighted by Gasteiger charge is 2.34. The van der Waals surface area contributed by atoms with E-state index in [1.807, 2.05) is 11.3 Å². The highest BCUT2D eigenvalue weighted by molar-refractivity contribution is 7.10. The first-order chi connectivity index (χ1) is 9.38. The second-order valence-electron chi connectivity index (χ2n) is 6.23. The summed E-state index contributed by atoms with van der Waals surface area (Å²) in [5.74, 6) is 2.07. The minimum absolute atomic E-state index is 0.374. The summed E-state index contributed by atoms with van der Waals surface area (Å²) in [4.78, 5) is 1.50. The van der Waals surface area contributed by atoms with Crippen LogP contribution in [0.25, 0.3) is 0 Å². The van der Waals surface area contributed by atoms with E-state index in [2.05, 4.69) is 22.8 Å². The fraction of sp³-hybridized carbons (Fsp3) is 0.750. The van der Waals surface area contributed by atoms with Crippen molar-refractivity contribution in [2.75, 3.05) is 13.2 Å². The highest BCUT2D eigenvalue weighted by Crippen LogP contribution is 2.42. The molecule has 1 aromatic heterocycles. The van der Waals surface area contributed by atoms with Crippen LogP contribution >= 0.6 is 11.3 Å². The predicted molar refractivity (Wildman–Crippen MR) is 80.3 cm³/mol. The molecule has 0 saturated heterocycles. The Hall–Kier alpha value is -0.380. The molecule has 0 aliphatic heterocycles. The Morgan fingerprint density at radius 3 is 2.63 bits per heavy atom. The molecule has 3 heteroatoms. The van der Waals surface area contributed by atoms with Crippen molar-refractivity contribution < 1.29 is 5.11 Å². The molecule has 2 saturated carbocycles. The Labute approximate surface area is 120 Å². The van der Waals surface area contributed by atoms with E-state index in [4.69, 9.17) is 0 Å². The molecule has 2 nitrogen and oxygen atoms in total. The van der Waals surface area contributed by atoms with Crippen molar-refractivity contribution in [3.05, 3.63) is 22.4 Å². The predicted octanol–water partition coefficient (Wildman–Crippen LogP) is 3.59. The van der Waals surface area contributed by atoms with Gasteiger partial charge in [-0.3, -0.25) is 0 Å². The minimum Gasteiger partial charge on any atom is -0.396 e. The number of hydrogen-bond acceptors (Lipinski definition) is 3. The third-order valence-electron chi connectivity index (χ3n) is 4.84. The van der Waals surface area contributed by atoms with Gasteiger partial charge < -0.3 is 10.4 Å². The number of rotatable bonds is 6. The fourth-order valence-electron chi connectivity index (χ4n) is 3.47. The molecule has 2 N–H and O–H groups in total. The molecule has 1 heterocycles. The average molecular weight is 279 g/mol. The Balaban J connectivity index is 1.57. The smallest absolute Gasteiger partial charge is 0.0462 e. The van der Waals surface area contributed by atoms with Crippen molar-refractivity contribution in [1.82, 2.24) is 5.32 Å². The molecule has 3 atom stereocenters. The van der Waals surface area contributed by atoms with Crippen LogP contribution < -0.4 is 5.32 Å². The molecule has 0 radical (unpaired) electrons. The first-order valence-corrected chi connectivity index (χ1v) is 8.64. The Morgan fingerprint density at radius 2 is 2.00 bits per heavy atom. The summed E-state index contributed by atoms with van der Waals surface area (Å²) >= 11 is 1.88. The molecular weight excluding hydrogens is 254 g/mol. The van der Waals surface area contributed by atoms with E-state index in [0.29, 0.717) is 24.5 Å². The summed E-state index contributed by atoms with van der Waals surface area (Å²) in [6.45, 7) is 1.46. The Morgan fingerprint density at radius 1 is 1.21 bits per heavy atom. The van der Waals surface area contributed by atoms with Gasteiger partial charge in [-0.2, -0.15) is 0 Å². The van der Waals surface area contributed by atoms with Gasteiger partial charge in [0.1, 0.15) is 0 Å². The van der Waals surface area contributed by atoms with Crippen molar-refractivity contribution in [3.63, 3.8) is 0 Å². The van der Waals surface area contributed by atoms with Crippen molar-refractivity contribution in [3.8, 4) is 0 Å². The Kier molecular flexibility index (Phi) is 4.57. The molecular formula is C16H25NOS. The normalized spacial score (nSPS) is 29.3. The number of hydrogen-bond donors (Lipinski definition) is 2. The first kappa shape index (κ1) is 13.6. The van der Waals surface area contributed by atoms with E-state index in [1.165, 1.54) is 43.4 Å². The molecule has 106 valence electrons. The summed E-state index contributed by atoms with van der Waals surface area (Å²) in [6.07, 6.45) is 7.91. The van der Waals surface area contributed by atoms with Crippen LogP contribution in [0.2, 0.25) is 0 Å². The minimum atomic E-state index is 0.374. The highest BCUT2D eigenvalue weighted by atomic mass is 32.1. The summed E-state index contributed by atoms with van der Waals surface area (Å²) in [5.41, 5.74) is 0. The van der Waals surface area contributed by atoms with E-state index in [0.717, 1.165) is 12.5 Å². The van der Waals surface area contributed by atoms with Crippen LogP contribution in [-0.4, -0.2) is 18.3 Å². The molecule has 0 aromatic carbocycles. The van der Waals surface area contributed by atoms with E-state index >= 15 is 0 Å². The molecule has 2 aliphatic carbocycles. The second kappa shape index (κ2) is 6.38. The maximum Gasteiger partial charge on any atom is 0.0462 e. The summed E-state index contributed by atoms with van der Waals surface area (Å²) in [5, 5.41) is 15.5. The van der Waals surface area contributed by atoms with Gasteiger partial charge in [-0.25, -0.2) is 0 Å². The molecule has 19 heavy (non-hydrogen) atoms. The van der Waals surface area contributed by atoms with Crippen molar-refractivity contribution >= 4 is 11.3 Å². The van der Waals surface area contributed by atoms with Gasteiger partial charge in [0.25, 0.3) is 0 Å².